The van der Waals surface area contributed by atoms with Crippen LogP contribution in [0, 0.1) is 11.6 Å². The van der Waals surface area contributed by atoms with Crippen molar-refractivity contribution in [3.8, 4) is 0 Å². The molecule has 0 unspecified atom stereocenters. The highest BCUT2D eigenvalue weighted by atomic mass is 79.9. The number of hydrogen-bond acceptors (Lipinski definition) is 0. The molecule has 0 aliphatic carbocycles. The topological polar surface area (TPSA) is 0 Å². The molecule has 0 aromatic heterocycles. The van der Waals surface area contributed by atoms with Gasteiger partial charge in [0, 0.05) is 5.33 Å². The monoisotopic (exact) mass is 274 g/mol. The molecule has 0 saturated carbocycles. The summed E-state index contributed by atoms with van der Waals surface area (Å²) in [6.07, 6.45) is -4.88. The third-order valence-corrected chi connectivity index (χ3v) is 2.21. The second kappa shape index (κ2) is 3.84. The van der Waals surface area contributed by atoms with Crippen LogP contribution in [-0.4, -0.2) is 0 Å². The predicted molar refractivity (Wildman–Crippen MR) is 44.0 cm³/mol. The molecule has 0 radical (unpaired) electrons. The van der Waals surface area contributed by atoms with E-state index < -0.39 is 23.4 Å². The number of benzene rings is 1. The SMILES string of the molecule is Fc1ccc(CBr)c(C(F)(F)F)c1F. The molecular formula is C8H4BrF5. The van der Waals surface area contributed by atoms with Gasteiger partial charge >= 0.3 is 6.18 Å². The lowest BCUT2D eigenvalue weighted by atomic mass is 10.1. The van der Waals surface area contributed by atoms with Crippen LogP contribution < -0.4 is 0 Å². The fraction of sp³-hybridized carbons (Fsp3) is 0.250. The molecule has 78 valence electrons. The average molecular weight is 275 g/mol. The van der Waals surface area contributed by atoms with Gasteiger partial charge in [0.1, 0.15) is 0 Å². The first-order valence-electron chi connectivity index (χ1n) is 3.48. The Bertz CT molecular complexity index is 344. The lowest BCUT2D eigenvalue weighted by molar-refractivity contribution is -0.140. The van der Waals surface area contributed by atoms with Crippen molar-refractivity contribution in [2.45, 2.75) is 11.5 Å². The maximum absolute atomic E-state index is 12.8. The van der Waals surface area contributed by atoms with Crippen molar-refractivity contribution in [3.63, 3.8) is 0 Å². The zero-order valence-electron chi connectivity index (χ0n) is 6.63. The Morgan fingerprint density at radius 1 is 1.14 bits per heavy atom. The van der Waals surface area contributed by atoms with Crippen LogP contribution in [0.1, 0.15) is 11.1 Å². The molecule has 0 amide bonds. The van der Waals surface area contributed by atoms with Gasteiger partial charge in [-0.25, -0.2) is 8.78 Å². The summed E-state index contributed by atoms with van der Waals surface area (Å²) >= 11 is 2.77. The molecule has 0 fully saturated rings. The normalized spacial score (nSPS) is 11.9. The summed E-state index contributed by atoms with van der Waals surface area (Å²) in [5.74, 6) is -3.35. The van der Waals surface area contributed by atoms with Gasteiger partial charge < -0.3 is 0 Å². The van der Waals surface area contributed by atoms with Crippen molar-refractivity contribution in [3.05, 3.63) is 34.9 Å². The minimum Gasteiger partial charge on any atom is -0.204 e. The minimum absolute atomic E-state index is 0.182. The van der Waals surface area contributed by atoms with Crippen molar-refractivity contribution >= 4 is 15.9 Å². The Morgan fingerprint density at radius 2 is 1.71 bits per heavy atom. The van der Waals surface area contributed by atoms with Crippen molar-refractivity contribution in [2.24, 2.45) is 0 Å². The summed E-state index contributed by atoms with van der Waals surface area (Å²) in [4.78, 5) is 0. The van der Waals surface area contributed by atoms with E-state index in [1.807, 2.05) is 0 Å². The smallest absolute Gasteiger partial charge is 0.204 e. The Balaban J connectivity index is 3.44. The zero-order valence-corrected chi connectivity index (χ0v) is 8.22. The van der Waals surface area contributed by atoms with Gasteiger partial charge in [0.15, 0.2) is 11.6 Å². The number of halogens is 6. The summed E-state index contributed by atoms with van der Waals surface area (Å²) < 4.78 is 62.1. The molecule has 1 rings (SSSR count). The van der Waals surface area contributed by atoms with Crippen LogP contribution in [0.3, 0.4) is 0 Å². The third-order valence-electron chi connectivity index (χ3n) is 1.61. The lowest BCUT2D eigenvalue weighted by Crippen LogP contribution is -2.12. The zero-order chi connectivity index (χ0) is 10.9. The van der Waals surface area contributed by atoms with Gasteiger partial charge in [-0.05, 0) is 11.6 Å². The molecule has 0 spiro atoms. The molecule has 0 aliphatic rings. The van der Waals surface area contributed by atoms with Gasteiger partial charge in [0.25, 0.3) is 0 Å². The van der Waals surface area contributed by atoms with E-state index in [9.17, 15) is 22.0 Å². The van der Waals surface area contributed by atoms with E-state index in [-0.39, 0.29) is 10.9 Å². The van der Waals surface area contributed by atoms with Gasteiger partial charge in [-0.1, -0.05) is 22.0 Å². The molecule has 0 atom stereocenters. The first-order chi connectivity index (χ1) is 6.38. The average Bonchev–Trinajstić information content (AvgIpc) is 2.07. The summed E-state index contributed by atoms with van der Waals surface area (Å²) in [6, 6.07) is 1.57. The van der Waals surface area contributed by atoms with Gasteiger partial charge in [-0.15, -0.1) is 0 Å². The van der Waals surface area contributed by atoms with Gasteiger partial charge in [-0.2, -0.15) is 13.2 Å². The molecule has 0 N–H and O–H groups in total. The number of rotatable bonds is 1. The Labute approximate surface area is 84.9 Å². The molecule has 14 heavy (non-hydrogen) atoms. The van der Waals surface area contributed by atoms with Crippen LogP contribution in [0.2, 0.25) is 0 Å². The molecule has 0 heterocycles. The van der Waals surface area contributed by atoms with Gasteiger partial charge in [0.2, 0.25) is 0 Å². The highest BCUT2D eigenvalue weighted by Crippen LogP contribution is 2.35. The van der Waals surface area contributed by atoms with E-state index in [4.69, 9.17) is 0 Å². The molecule has 6 heteroatoms. The highest BCUT2D eigenvalue weighted by molar-refractivity contribution is 9.08. The van der Waals surface area contributed by atoms with E-state index in [1.54, 1.807) is 0 Å². The lowest BCUT2D eigenvalue weighted by Gasteiger charge is -2.12. The first-order valence-corrected chi connectivity index (χ1v) is 4.60. The molecule has 0 nitrogen and oxygen atoms in total. The summed E-state index contributed by atoms with van der Waals surface area (Å²) in [5.41, 5.74) is -1.87. The number of alkyl halides is 4. The second-order valence-corrected chi connectivity index (χ2v) is 3.09. The predicted octanol–water partition coefficient (Wildman–Crippen LogP) is 3.88. The molecular weight excluding hydrogens is 271 g/mol. The van der Waals surface area contributed by atoms with Crippen molar-refractivity contribution in [1.29, 1.82) is 0 Å². The molecule has 1 aromatic carbocycles. The summed E-state index contributed by atoms with van der Waals surface area (Å²) in [5, 5.41) is -0.182. The molecule has 0 bridgehead atoms. The van der Waals surface area contributed by atoms with Crippen LogP contribution in [-0.2, 0) is 11.5 Å². The van der Waals surface area contributed by atoms with Crippen LogP contribution in [0.4, 0.5) is 22.0 Å². The maximum Gasteiger partial charge on any atom is 0.419 e. The second-order valence-electron chi connectivity index (χ2n) is 2.53. The Kier molecular flexibility index (Phi) is 3.14. The first kappa shape index (κ1) is 11.4. The van der Waals surface area contributed by atoms with Crippen molar-refractivity contribution < 1.29 is 22.0 Å². The third kappa shape index (κ3) is 2.05. The van der Waals surface area contributed by atoms with E-state index in [0.29, 0.717) is 6.07 Å². The van der Waals surface area contributed by atoms with Crippen molar-refractivity contribution in [1.82, 2.24) is 0 Å². The van der Waals surface area contributed by atoms with Crippen LogP contribution >= 0.6 is 15.9 Å². The highest BCUT2D eigenvalue weighted by Gasteiger charge is 2.37. The van der Waals surface area contributed by atoms with E-state index in [2.05, 4.69) is 15.9 Å². The maximum atomic E-state index is 12.8. The summed E-state index contributed by atoms with van der Waals surface area (Å²) in [6.45, 7) is 0. The van der Waals surface area contributed by atoms with Crippen LogP contribution in [0.15, 0.2) is 12.1 Å². The minimum atomic E-state index is -4.88. The molecule has 0 aliphatic heterocycles. The fourth-order valence-electron chi connectivity index (χ4n) is 1.01. The quantitative estimate of drug-likeness (QED) is 0.539. The van der Waals surface area contributed by atoms with Gasteiger partial charge in [-0.3, -0.25) is 0 Å². The largest absolute Gasteiger partial charge is 0.419 e. The summed E-state index contributed by atoms with van der Waals surface area (Å²) in [7, 11) is 0. The Hall–Kier alpha value is -0.650. The van der Waals surface area contributed by atoms with E-state index in [1.165, 1.54) is 0 Å². The van der Waals surface area contributed by atoms with Crippen molar-refractivity contribution in [2.75, 3.05) is 0 Å². The standard InChI is InChI=1S/C8H4BrF5/c9-3-4-1-2-5(10)7(11)6(4)8(12,13)14/h1-2H,3H2. The fourth-order valence-corrected chi connectivity index (χ4v) is 1.48. The molecule has 0 saturated heterocycles. The number of hydrogen-bond donors (Lipinski definition) is 0. The van der Waals surface area contributed by atoms with Gasteiger partial charge in [0.05, 0.1) is 5.56 Å². The van der Waals surface area contributed by atoms with Crippen LogP contribution in [0.25, 0.3) is 0 Å². The van der Waals surface area contributed by atoms with Crippen LogP contribution in [0.5, 0.6) is 0 Å². The molecule has 1 aromatic rings. The Morgan fingerprint density at radius 3 is 2.14 bits per heavy atom. The van der Waals surface area contributed by atoms with E-state index in [0.717, 1.165) is 6.07 Å². The van der Waals surface area contributed by atoms with E-state index >= 15 is 0 Å².